The number of aromatic nitrogens is 2. The monoisotopic (exact) mass is 198 g/mol. The summed E-state index contributed by atoms with van der Waals surface area (Å²) in [6.45, 7) is 3.90. The fraction of sp³-hybridized carbons (Fsp3) is 0.556. The molecule has 0 aliphatic carbocycles. The Balaban J connectivity index is 3.23. The zero-order valence-electron chi connectivity index (χ0n) is 8.33. The van der Waals surface area contributed by atoms with E-state index in [1.165, 1.54) is 11.5 Å². The van der Waals surface area contributed by atoms with Gasteiger partial charge in [0, 0.05) is 6.54 Å². The van der Waals surface area contributed by atoms with Gasteiger partial charge in [-0.2, -0.15) is 0 Å². The molecule has 0 bridgehead atoms. The highest BCUT2D eigenvalue weighted by molar-refractivity contribution is 5.20. The van der Waals surface area contributed by atoms with Crippen LogP contribution in [0.25, 0.3) is 0 Å². The highest BCUT2D eigenvalue weighted by atomic mass is 16.3. The number of aromatic amines is 1. The second-order valence-electron chi connectivity index (χ2n) is 3.21. The molecule has 5 nitrogen and oxygen atoms in total. The van der Waals surface area contributed by atoms with E-state index in [0.29, 0.717) is 6.54 Å². The van der Waals surface area contributed by atoms with E-state index in [1.54, 1.807) is 0 Å². The molecule has 0 unspecified atom stereocenters. The molecule has 1 rings (SSSR count). The number of nitrogens with one attached hydrogen (secondary N) is 1. The Hall–Kier alpha value is -1.52. The molecule has 0 spiro atoms. The van der Waals surface area contributed by atoms with Crippen LogP contribution in [0.15, 0.2) is 9.59 Å². The standard InChI is InChI=1S/C9H14N2O3/c1-3-4-5-11-8(13)6(2)7(12)10-9(11)14/h13H,3-5H2,1-2H3,(H,10,12,14). The number of hydrogen-bond acceptors (Lipinski definition) is 3. The maximum Gasteiger partial charge on any atom is 0.331 e. The molecule has 0 radical (unpaired) electrons. The normalized spacial score (nSPS) is 10.4. The van der Waals surface area contributed by atoms with Crippen LogP contribution in [0, 0.1) is 6.92 Å². The minimum Gasteiger partial charge on any atom is -0.494 e. The van der Waals surface area contributed by atoms with Crippen molar-refractivity contribution in [2.24, 2.45) is 0 Å². The van der Waals surface area contributed by atoms with Gasteiger partial charge in [-0.25, -0.2) is 4.79 Å². The molecule has 0 saturated heterocycles. The second kappa shape index (κ2) is 4.13. The minimum absolute atomic E-state index is 0.181. The summed E-state index contributed by atoms with van der Waals surface area (Å²) in [5, 5.41) is 9.53. The molecule has 0 atom stereocenters. The highest BCUT2D eigenvalue weighted by Gasteiger charge is 2.08. The van der Waals surface area contributed by atoms with Gasteiger partial charge in [-0.15, -0.1) is 0 Å². The number of hydrogen-bond donors (Lipinski definition) is 2. The molecule has 0 saturated carbocycles. The lowest BCUT2D eigenvalue weighted by Gasteiger charge is -2.07. The molecule has 78 valence electrons. The Morgan fingerprint density at radius 2 is 2.07 bits per heavy atom. The summed E-state index contributed by atoms with van der Waals surface area (Å²) < 4.78 is 1.18. The van der Waals surface area contributed by atoms with Crippen LogP contribution in [-0.2, 0) is 6.54 Å². The lowest BCUT2D eigenvalue weighted by atomic mass is 10.3. The smallest absolute Gasteiger partial charge is 0.331 e. The van der Waals surface area contributed by atoms with Crippen molar-refractivity contribution in [1.82, 2.24) is 9.55 Å². The molecule has 5 heteroatoms. The second-order valence-corrected chi connectivity index (χ2v) is 3.21. The van der Waals surface area contributed by atoms with Gasteiger partial charge in [0.25, 0.3) is 5.56 Å². The summed E-state index contributed by atoms with van der Waals surface area (Å²) in [5.41, 5.74) is -0.896. The van der Waals surface area contributed by atoms with E-state index in [2.05, 4.69) is 4.98 Å². The van der Waals surface area contributed by atoms with Crippen LogP contribution in [0.5, 0.6) is 5.88 Å². The lowest BCUT2D eigenvalue weighted by molar-refractivity contribution is 0.391. The van der Waals surface area contributed by atoms with E-state index in [4.69, 9.17) is 0 Å². The van der Waals surface area contributed by atoms with Crippen molar-refractivity contribution >= 4 is 0 Å². The van der Waals surface area contributed by atoms with Gasteiger partial charge in [0.1, 0.15) is 0 Å². The molecule has 0 aromatic carbocycles. The Morgan fingerprint density at radius 1 is 1.43 bits per heavy atom. The lowest BCUT2D eigenvalue weighted by Crippen LogP contribution is -2.31. The average molecular weight is 198 g/mol. The highest BCUT2D eigenvalue weighted by Crippen LogP contribution is 2.08. The largest absolute Gasteiger partial charge is 0.494 e. The summed E-state index contributed by atoms with van der Waals surface area (Å²) in [6.07, 6.45) is 1.71. The van der Waals surface area contributed by atoms with Gasteiger partial charge < -0.3 is 5.11 Å². The molecule has 0 aliphatic rings. The maximum atomic E-state index is 11.3. The zero-order valence-corrected chi connectivity index (χ0v) is 8.33. The summed E-state index contributed by atoms with van der Waals surface area (Å²) >= 11 is 0. The first-order valence-electron chi connectivity index (χ1n) is 4.60. The fourth-order valence-electron chi connectivity index (χ4n) is 1.18. The first-order chi connectivity index (χ1) is 6.57. The van der Waals surface area contributed by atoms with E-state index >= 15 is 0 Å². The number of nitrogens with zero attached hydrogens (tertiary/aromatic N) is 1. The van der Waals surface area contributed by atoms with Crippen LogP contribution >= 0.6 is 0 Å². The average Bonchev–Trinajstić information content (AvgIpc) is 2.14. The Labute approximate surface area is 81.0 Å². The number of aromatic hydroxyl groups is 1. The van der Waals surface area contributed by atoms with Crippen molar-refractivity contribution in [3.63, 3.8) is 0 Å². The summed E-state index contributed by atoms with van der Waals surface area (Å²) in [5.74, 6) is -0.229. The van der Waals surface area contributed by atoms with E-state index < -0.39 is 11.2 Å². The van der Waals surface area contributed by atoms with E-state index in [1.807, 2.05) is 6.92 Å². The van der Waals surface area contributed by atoms with Gasteiger partial charge in [0.2, 0.25) is 5.88 Å². The SMILES string of the molecule is CCCCn1c(O)c(C)c(=O)[nH]c1=O. The van der Waals surface area contributed by atoms with Gasteiger partial charge in [0.05, 0.1) is 5.56 Å². The molecule has 0 amide bonds. The van der Waals surface area contributed by atoms with Gasteiger partial charge in [-0.1, -0.05) is 13.3 Å². The number of H-pyrrole nitrogens is 1. The predicted octanol–water partition coefficient (Wildman–Crippen LogP) is 0.351. The maximum absolute atomic E-state index is 11.3. The topological polar surface area (TPSA) is 75.1 Å². The molecule has 14 heavy (non-hydrogen) atoms. The molecule has 1 aromatic rings. The van der Waals surface area contributed by atoms with Crippen LogP contribution in [0.4, 0.5) is 0 Å². The molecule has 1 heterocycles. The Bertz CT molecular complexity index is 431. The third-order valence-electron chi connectivity index (χ3n) is 2.13. The van der Waals surface area contributed by atoms with Crippen molar-refractivity contribution in [3.05, 3.63) is 26.4 Å². The van der Waals surface area contributed by atoms with E-state index in [0.717, 1.165) is 12.8 Å². The van der Waals surface area contributed by atoms with Crippen molar-refractivity contribution in [1.29, 1.82) is 0 Å². The molecule has 0 fully saturated rings. The first kappa shape index (κ1) is 10.6. The van der Waals surface area contributed by atoms with Crippen molar-refractivity contribution in [2.75, 3.05) is 0 Å². The Morgan fingerprint density at radius 3 is 2.64 bits per heavy atom. The molecular formula is C9H14N2O3. The van der Waals surface area contributed by atoms with Crippen LogP contribution in [-0.4, -0.2) is 14.7 Å². The summed E-state index contributed by atoms with van der Waals surface area (Å²) in [6, 6.07) is 0. The summed E-state index contributed by atoms with van der Waals surface area (Å²) in [7, 11) is 0. The zero-order chi connectivity index (χ0) is 10.7. The summed E-state index contributed by atoms with van der Waals surface area (Å²) in [4.78, 5) is 24.5. The Kier molecular flexibility index (Phi) is 3.11. The van der Waals surface area contributed by atoms with Crippen molar-refractivity contribution in [2.45, 2.75) is 33.2 Å². The van der Waals surface area contributed by atoms with Gasteiger partial charge in [-0.05, 0) is 13.3 Å². The third kappa shape index (κ3) is 1.86. The van der Waals surface area contributed by atoms with Crippen LogP contribution < -0.4 is 11.2 Å². The van der Waals surface area contributed by atoms with Gasteiger partial charge in [-0.3, -0.25) is 14.3 Å². The van der Waals surface area contributed by atoms with Crippen molar-refractivity contribution < 1.29 is 5.11 Å². The van der Waals surface area contributed by atoms with Gasteiger partial charge >= 0.3 is 5.69 Å². The molecule has 1 aromatic heterocycles. The first-order valence-corrected chi connectivity index (χ1v) is 4.60. The van der Waals surface area contributed by atoms with E-state index in [-0.39, 0.29) is 11.4 Å². The molecule has 2 N–H and O–H groups in total. The minimum atomic E-state index is -0.549. The molecular weight excluding hydrogens is 184 g/mol. The van der Waals surface area contributed by atoms with Crippen LogP contribution in [0.2, 0.25) is 0 Å². The quantitative estimate of drug-likeness (QED) is 0.735. The molecule has 0 aliphatic heterocycles. The third-order valence-corrected chi connectivity index (χ3v) is 2.13. The van der Waals surface area contributed by atoms with Crippen LogP contribution in [0.1, 0.15) is 25.3 Å². The van der Waals surface area contributed by atoms with Crippen molar-refractivity contribution in [3.8, 4) is 5.88 Å². The number of unbranched alkanes of at least 4 members (excludes halogenated alkanes) is 1. The van der Waals surface area contributed by atoms with E-state index in [9.17, 15) is 14.7 Å². The van der Waals surface area contributed by atoms with Gasteiger partial charge in [0.15, 0.2) is 0 Å². The predicted molar refractivity (Wildman–Crippen MR) is 52.6 cm³/mol. The van der Waals surface area contributed by atoms with Crippen LogP contribution in [0.3, 0.4) is 0 Å². The number of rotatable bonds is 3. The fourth-order valence-corrected chi connectivity index (χ4v) is 1.18.